The summed E-state index contributed by atoms with van der Waals surface area (Å²) >= 11 is 0. The first-order chi connectivity index (χ1) is 9.20. The van der Waals surface area contributed by atoms with Crippen molar-refractivity contribution in [2.45, 2.75) is 32.4 Å². The highest BCUT2D eigenvalue weighted by atomic mass is 15.2. The van der Waals surface area contributed by atoms with Crippen LogP contribution < -0.4 is 10.2 Å². The molecule has 0 bridgehead atoms. The van der Waals surface area contributed by atoms with Gasteiger partial charge in [0.25, 0.3) is 0 Å². The van der Waals surface area contributed by atoms with Gasteiger partial charge in [-0.05, 0) is 45.1 Å². The Labute approximate surface area is 116 Å². The molecular formula is C15H26N4. The number of nitrogens with zero attached hydrogens (tertiary/aromatic N) is 3. The second kappa shape index (κ2) is 6.87. The van der Waals surface area contributed by atoms with Gasteiger partial charge in [0.1, 0.15) is 5.82 Å². The zero-order chi connectivity index (χ0) is 13.7. The molecule has 0 spiro atoms. The lowest BCUT2D eigenvalue weighted by molar-refractivity contribution is 0.249. The highest BCUT2D eigenvalue weighted by Crippen LogP contribution is 2.19. The Morgan fingerprint density at radius 2 is 2.05 bits per heavy atom. The van der Waals surface area contributed by atoms with Gasteiger partial charge in [-0.1, -0.05) is 13.0 Å². The summed E-state index contributed by atoms with van der Waals surface area (Å²) in [6, 6.07) is 5.07. The molecule has 0 atom stereocenters. The average Bonchev–Trinajstić information content (AvgIpc) is 2.46. The highest BCUT2D eigenvalue weighted by Gasteiger charge is 2.21. The van der Waals surface area contributed by atoms with Crippen LogP contribution in [0.3, 0.4) is 0 Å². The summed E-state index contributed by atoms with van der Waals surface area (Å²) in [4.78, 5) is 9.33. The van der Waals surface area contributed by atoms with E-state index >= 15 is 0 Å². The van der Waals surface area contributed by atoms with Gasteiger partial charge in [-0.2, -0.15) is 0 Å². The maximum absolute atomic E-state index is 4.60. The average molecular weight is 262 g/mol. The molecule has 1 aliphatic rings. The van der Waals surface area contributed by atoms with Crippen LogP contribution in [0.1, 0.15) is 25.3 Å². The van der Waals surface area contributed by atoms with Crippen LogP contribution in [0.5, 0.6) is 0 Å². The fourth-order valence-corrected chi connectivity index (χ4v) is 2.59. The first-order valence-electron chi connectivity index (χ1n) is 7.27. The summed E-state index contributed by atoms with van der Waals surface area (Å²) < 4.78 is 0. The van der Waals surface area contributed by atoms with Crippen molar-refractivity contribution in [3.05, 3.63) is 23.9 Å². The molecule has 2 rings (SSSR count). The predicted molar refractivity (Wildman–Crippen MR) is 80.5 cm³/mol. The molecule has 0 aliphatic carbocycles. The molecule has 0 unspecified atom stereocenters. The summed E-state index contributed by atoms with van der Waals surface area (Å²) in [5.41, 5.74) is 1.26. The third kappa shape index (κ3) is 3.91. The standard InChI is InChI=1S/C15H26N4/c1-4-16-11-13-5-6-15(17-12-13)19-9-7-14(8-10-19)18(2)3/h5-6,12,14,16H,4,7-11H2,1-3H3. The first-order valence-corrected chi connectivity index (χ1v) is 7.27. The fraction of sp³-hybridized carbons (Fsp3) is 0.667. The molecule has 1 N–H and O–H groups in total. The van der Waals surface area contributed by atoms with Gasteiger partial charge in [0, 0.05) is 31.9 Å². The largest absolute Gasteiger partial charge is 0.357 e. The number of piperidine rings is 1. The number of hydrogen-bond donors (Lipinski definition) is 1. The SMILES string of the molecule is CCNCc1ccc(N2CCC(N(C)C)CC2)nc1. The van der Waals surface area contributed by atoms with Crippen LogP contribution in [0.2, 0.25) is 0 Å². The smallest absolute Gasteiger partial charge is 0.128 e. The Kier molecular flexibility index (Phi) is 5.16. The Bertz CT molecular complexity index is 366. The van der Waals surface area contributed by atoms with Gasteiger partial charge in [0.2, 0.25) is 0 Å². The van der Waals surface area contributed by atoms with Gasteiger partial charge >= 0.3 is 0 Å². The minimum absolute atomic E-state index is 0.726. The van der Waals surface area contributed by atoms with Gasteiger partial charge in [0.15, 0.2) is 0 Å². The van der Waals surface area contributed by atoms with Gasteiger partial charge in [-0.25, -0.2) is 4.98 Å². The topological polar surface area (TPSA) is 31.4 Å². The minimum atomic E-state index is 0.726. The minimum Gasteiger partial charge on any atom is -0.357 e. The molecule has 19 heavy (non-hydrogen) atoms. The summed E-state index contributed by atoms with van der Waals surface area (Å²) in [6.07, 6.45) is 4.46. The van der Waals surface area contributed by atoms with Gasteiger partial charge < -0.3 is 15.1 Å². The first kappa shape index (κ1) is 14.3. The molecule has 1 aliphatic heterocycles. The molecule has 0 saturated carbocycles. The number of anilines is 1. The molecule has 1 aromatic rings. The number of rotatable bonds is 5. The summed E-state index contributed by atoms with van der Waals surface area (Å²) in [7, 11) is 4.35. The third-order valence-corrected chi connectivity index (χ3v) is 3.91. The van der Waals surface area contributed by atoms with E-state index in [1.165, 1.54) is 18.4 Å². The van der Waals surface area contributed by atoms with Crippen molar-refractivity contribution in [3.8, 4) is 0 Å². The molecular weight excluding hydrogens is 236 g/mol. The summed E-state index contributed by atoms with van der Waals surface area (Å²) in [6.45, 7) is 6.26. The van der Waals surface area contributed by atoms with Crippen molar-refractivity contribution in [2.24, 2.45) is 0 Å². The zero-order valence-electron chi connectivity index (χ0n) is 12.4. The number of hydrogen-bond acceptors (Lipinski definition) is 4. The quantitative estimate of drug-likeness (QED) is 0.875. The van der Waals surface area contributed by atoms with Crippen LogP contribution >= 0.6 is 0 Å². The van der Waals surface area contributed by atoms with Crippen molar-refractivity contribution in [1.29, 1.82) is 0 Å². The second-order valence-electron chi connectivity index (χ2n) is 5.49. The Morgan fingerprint density at radius 1 is 1.32 bits per heavy atom. The summed E-state index contributed by atoms with van der Waals surface area (Å²) in [5, 5.41) is 3.32. The molecule has 0 aromatic carbocycles. The van der Waals surface area contributed by atoms with Crippen molar-refractivity contribution in [1.82, 2.24) is 15.2 Å². The van der Waals surface area contributed by atoms with E-state index in [-0.39, 0.29) is 0 Å². The van der Waals surface area contributed by atoms with Crippen molar-refractivity contribution in [3.63, 3.8) is 0 Å². The molecule has 1 fully saturated rings. The van der Waals surface area contributed by atoms with Crippen LogP contribution in [0.25, 0.3) is 0 Å². The van der Waals surface area contributed by atoms with Crippen molar-refractivity contribution in [2.75, 3.05) is 38.6 Å². The molecule has 4 nitrogen and oxygen atoms in total. The molecule has 1 saturated heterocycles. The van der Waals surface area contributed by atoms with E-state index in [9.17, 15) is 0 Å². The molecule has 106 valence electrons. The molecule has 2 heterocycles. The molecule has 1 aromatic heterocycles. The molecule has 0 amide bonds. The molecule has 4 heteroatoms. The van der Waals surface area contributed by atoms with Crippen LogP contribution in [0.15, 0.2) is 18.3 Å². The van der Waals surface area contributed by atoms with Crippen molar-refractivity contribution < 1.29 is 0 Å². The van der Waals surface area contributed by atoms with Gasteiger partial charge in [0.05, 0.1) is 0 Å². The lowest BCUT2D eigenvalue weighted by Crippen LogP contribution is -2.42. The lowest BCUT2D eigenvalue weighted by atomic mass is 10.0. The van der Waals surface area contributed by atoms with Crippen LogP contribution in [-0.4, -0.2) is 49.7 Å². The number of nitrogens with one attached hydrogen (secondary N) is 1. The van der Waals surface area contributed by atoms with Gasteiger partial charge in [-0.3, -0.25) is 0 Å². The maximum atomic E-state index is 4.60. The van der Waals surface area contributed by atoms with Crippen LogP contribution in [-0.2, 0) is 6.54 Å². The Hall–Kier alpha value is -1.13. The maximum Gasteiger partial charge on any atom is 0.128 e. The number of pyridine rings is 1. The van der Waals surface area contributed by atoms with Gasteiger partial charge in [-0.15, -0.1) is 0 Å². The Morgan fingerprint density at radius 3 is 2.58 bits per heavy atom. The van der Waals surface area contributed by atoms with E-state index in [0.717, 1.165) is 38.0 Å². The predicted octanol–water partition coefficient (Wildman–Crippen LogP) is 1.72. The fourth-order valence-electron chi connectivity index (χ4n) is 2.59. The van der Waals surface area contributed by atoms with Crippen LogP contribution in [0.4, 0.5) is 5.82 Å². The highest BCUT2D eigenvalue weighted by molar-refractivity contribution is 5.39. The zero-order valence-corrected chi connectivity index (χ0v) is 12.4. The second-order valence-corrected chi connectivity index (χ2v) is 5.49. The van der Waals surface area contributed by atoms with E-state index in [4.69, 9.17) is 0 Å². The van der Waals surface area contributed by atoms with E-state index in [0.29, 0.717) is 0 Å². The monoisotopic (exact) mass is 262 g/mol. The lowest BCUT2D eigenvalue weighted by Gasteiger charge is -2.35. The molecule has 0 radical (unpaired) electrons. The van der Waals surface area contributed by atoms with Crippen LogP contribution in [0, 0.1) is 0 Å². The summed E-state index contributed by atoms with van der Waals surface area (Å²) in [5.74, 6) is 1.12. The van der Waals surface area contributed by atoms with E-state index in [1.54, 1.807) is 0 Å². The van der Waals surface area contributed by atoms with E-state index < -0.39 is 0 Å². The number of aromatic nitrogens is 1. The third-order valence-electron chi connectivity index (χ3n) is 3.91. The van der Waals surface area contributed by atoms with E-state index in [1.807, 2.05) is 6.20 Å². The normalized spacial score (nSPS) is 17.2. The Balaban J connectivity index is 1.89. The van der Waals surface area contributed by atoms with Crippen molar-refractivity contribution >= 4 is 5.82 Å². The van der Waals surface area contributed by atoms with E-state index in [2.05, 4.69) is 53.3 Å².